The maximum atomic E-state index is 12.2. The van der Waals surface area contributed by atoms with Crippen LogP contribution in [0.25, 0.3) is 0 Å². The van der Waals surface area contributed by atoms with Crippen molar-refractivity contribution in [1.29, 1.82) is 0 Å². The van der Waals surface area contributed by atoms with E-state index in [2.05, 4.69) is 27.7 Å². The topological polar surface area (TPSA) is 44.4 Å². The fourth-order valence-corrected chi connectivity index (χ4v) is 3.25. The Morgan fingerprint density at radius 2 is 1.91 bits per heavy atom. The van der Waals surface area contributed by atoms with E-state index in [4.69, 9.17) is 0 Å². The van der Waals surface area contributed by atoms with Crippen molar-refractivity contribution in [3.05, 3.63) is 24.3 Å². The Labute approximate surface area is 139 Å². The van der Waals surface area contributed by atoms with Gasteiger partial charge in [0.1, 0.15) is 0 Å². The van der Waals surface area contributed by atoms with Gasteiger partial charge in [-0.1, -0.05) is 18.9 Å². The Hall–Kier alpha value is -1.26. The minimum Gasteiger partial charge on any atom is -0.371 e. The number of hydrogen-bond donors (Lipinski definition) is 2. The average molecular weight is 324 g/mol. The smallest absolute Gasteiger partial charge is 0.241 e. The van der Waals surface area contributed by atoms with Crippen molar-refractivity contribution in [3.63, 3.8) is 0 Å². The molecule has 2 aliphatic rings. The molecule has 0 radical (unpaired) electrons. The predicted molar refractivity (Wildman–Crippen MR) is 94.0 cm³/mol. The van der Waals surface area contributed by atoms with Crippen molar-refractivity contribution in [1.82, 2.24) is 5.32 Å². The summed E-state index contributed by atoms with van der Waals surface area (Å²) in [6.45, 7) is 3.20. The molecule has 2 aliphatic heterocycles. The summed E-state index contributed by atoms with van der Waals surface area (Å²) in [6.07, 6.45) is 7.23. The van der Waals surface area contributed by atoms with Gasteiger partial charge in [-0.15, -0.1) is 12.4 Å². The number of rotatable bonds is 3. The number of nitrogens with zero attached hydrogens (tertiary/aromatic N) is 1. The zero-order valence-electron chi connectivity index (χ0n) is 13.0. The summed E-state index contributed by atoms with van der Waals surface area (Å²) in [4.78, 5) is 14.6. The van der Waals surface area contributed by atoms with Gasteiger partial charge in [-0.25, -0.2) is 0 Å². The average Bonchev–Trinajstić information content (AvgIpc) is 2.90. The van der Waals surface area contributed by atoms with Crippen LogP contribution in [0.1, 0.15) is 38.5 Å². The molecule has 2 saturated heterocycles. The van der Waals surface area contributed by atoms with Crippen molar-refractivity contribution >= 4 is 29.7 Å². The summed E-state index contributed by atoms with van der Waals surface area (Å²) in [7, 11) is 0. The second kappa shape index (κ2) is 8.39. The summed E-state index contributed by atoms with van der Waals surface area (Å²) >= 11 is 0. The van der Waals surface area contributed by atoms with Gasteiger partial charge in [0.05, 0.1) is 6.04 Å². The Bertz CT molecular complexity index is 481. The molecule has 1 unspecified atom stereocenters. The summed E-state index contributed by atoms with van der Waals surface area (Å²) in [6, 6.07) is 8.26. The van der Waals surface area contributed by atoms with Crippen LogP contribution < -0.4 is 15.5 Å². The van der Waals surface area contributed by atoms with Gasteiger partial charge in [0.2, 0.25) is 5.91 Å². The van der Waals surface area contributed by atoms with Gasteiger partial charge >= 0.3 is 0 Å². The third-order valence-electron chi connectivity index (χ3n) is 4.46. The van der Waals surface area contributed by atoms with E-state index in [1.54, 1.807) is 0 Å². The summed E-state index contributed by atoms with van der Waals surface area (Å²) in [5, 5.41) is 6.29. The van der Waals surface area contributed by atoms with Crippen LogP contribution in [0, 0.1) is 0 Å². The van der Waals surface area contributed by atoms with Crippen LogP contribution in [-0.4, -0.2) is 31.6 Å². The van der Waals surface area contributed by atoms with Crippen LogP contribution >= 0.6 is 12.4 Å². The number of amides is 1. The minimum atomic E-state index is -0.0214. The normalized spacial score (nSPS) is 21.8. The number of nitrogens with one attached hydrogen (secondary N) is 2. The molecule has 22 heavy (non-hydrogen) atoms. The van der Waals surface area contributed by atoms with Crippen LogP contribution in [0.4, 0.5) is 11.4 Å². The summed E-state index contributed by atoms with van der Waals surface area (Å²) in [5.41, 5.74) is 2.14. The van der Waals surface area contributed by atoms with Crippen molar-refractivity contribution in [2.45, 2.75) is 44.6 Å². The highest BCUT2D eigenvalue weighted by atomic mass is 35.5. The molecule has 2 N–H and O–H groups in total. The Morgan fingerprint density at radius 3 is 2.59 bits per heavy atom. The molecule has 0 spiro atoms. The second-order valence-electron chi connectivity index (χ2n) is 6.09. The Kier molecular flexibility index (Phi) is 6.52. The molecule has 3 rings (SSSR count). The molecular formula is C17H26ClN3O. The lowest BCUT2D eigenvalue weighted by atomic mass is 10.2. The summed E-state index contributed by atoms with van der Waals surface area (Å²) in [5.74, 6) is 0.0977. The number of carbonyl (C=O) groups is 1. The molecule has 0 aromatic heterocycles. The lowest BCUT2D eigenvalue weighted by Crippen LogP contribution is -2.35. The van der Waals surface area contributed by atoms with Crippen molar-refractivity contribution in [2.75, 3.05) is 29.9 Å². The Balaban J connectivity index is 0.00000176. The molecule has 4 nitrogen and oxygen atoms in total. The molecule has 1 aromatic carbocycles. The number of carbonyl (C=O) groups excluding carboxylic acids is 1. The van der Waals surface area contributed by atoms with Gasteiger partial charge < -0.3 is 15.5 Å². The maximum Gasteiger partial charge on any atom is 0.241 e. The van der Waals surface area contributed by atoms with Gasteiger partial charge in [0.15, 0.2) is 0 Å². The zero-order valence-corrected chi connectivity index (χ0v) is 13.8. The van der Waals surface area contributed by atoms with Crippen LogP contribution in [0.2, 0.25) is 0 Å². The lowest BCUT2D eigenvalue weighted by molar-refractivity contribution is -0.117. The van der Waals surface area contributed by atoms with Gasteiger partial charge in [-0.3, -0.25) is 4.79 Å². The third kappa shape index (κ3) is 4.37. The predicted octanol–water partition coefficient (Wildman–Crippen LogP) is 3.18. The van der Waals surface area contributed by atoms with Crippen molar-refractivity contribution in [3.8, 4) is 0 Å². The van der Waals surface area contributed by atoms with E-state index in [-0.39, 0.29) is 24.4 Å². The van der Waals surface area contributed by atoms with E-state index in [9.17, 15) is 4.79 Å². The van der Waals surface area contributed by atoms with Crippen LogP contribution in [0.15, 0.2) is 24.3 Å². The molecule has 2 fully saturated rings. The first-order valence-electron chi connectivity index (χ1n) is 8.22. The van der Waals surface area contributed by atoms with Crippen molar-refractivity contribution in [2.24, 2.45) is 0 Å². The van der Waals surface area contributed by atoms with Gasteiger partial charge in [-0.05, 0) is 50.4 Å². The minimum absolute atomic E-state index is 0. The monoisotopic (exact) mass is 323 g/mol. The first-order chi connectivity index (χ1) is 10.3. The molecule has 1 amide bonds. The second-order valence-corrected chi connectivity index (χ2v) is 6.09. The van der Waals surface area contributed by atoms with E-state index in [1.807, 2.05) is 12.1 Å². The molecule has 122 valence electrons. The van der Waals surface area contributed by atoms with Crippen LogP contribution in [0.3, 0.4) is 0 Å². The number of anilines is 2. The number of benzene rings is 1. The highest BCUT2D eigenvalue weighted by molar-refractivity contribution is 5.95. The fourth-order valence-electron chi connectivity index (χ4n) is 3.25. The lowest BCUT2D eigenvalue weighted by Gasteiger charge is -2.23. The molecule has 1 atom stereocenters. The maximum absolute atomic E-state index is 12.2. The molecule has 2 heterocycles. The highest BCUT2D eigenvalue weighted by Crippen LogP contribution is 2.23. The quantitative estimate of drug-likeness (QED) is 0.898. The van der Waals surface area contributed by atoms with E-state index < -0.39 is 0 Å². The highest BCUT2D eigenvalue weighted by Gasteiger charge is 2.22. The van der Waals surface area contributed by atoms with Gasteiger partial charge in [-0.2, -0.15) is 0 Å². The van der Waals surface area contributed by atoms with Crippen molar-refractivity contribution < 1.29 is 4.79 Å². The Morgan fingerprint density at radius 1 is 1.14 bits per heavy atom. The largest absolute Gasteiger partial charge is 0.371 e. The van der Waals surface area contributed by atoms with Gasteiger partial charge in [0.25, 0.3) is 0 Å². The zero-order chi connectivity index (χ0) is 14.5. The summed E-state index contributed by atoms with van der Waals surface area (Å²) < 4.78 is 0. The first kappa shape index (κ1) is 17.1. The van der Waals surface area contributed by atoms with E-state index in [0.717, 1.165) is 38.2 Å². The fraction of sp³-hybridized carbons (Fsp3) is 0.588. The number of halogens is 1. The van der Waals surface area contributed by atoms with Crippen LogP contribution in [0.5, 0.6) is 0 Å². The van der Waals surface area contributed by atoms with Crippen LogP contribution in [-0.2, 0) is 4.79 Å². The van der Waals surface area contributed by atoms with Gasteiger partial charge in [0, 0.05) is 24.5 Å². The van der Waals surface area contributed by atoms with E-state index in [0.29, 0.717) is 0 Å². The molecule has 0 aliphatic carbocycles. The van der Waals surface area contributed by atoms with E-state index in [1.165, 1.54) is 31.4 Å². The molecular weight excluding hydrogens is 298 g/mol. The first-order valence-corrected chi connectivity index (χ1v) is 8.22. The third-order valence-corrected chi connectivity index (χ3v) is 4.46. The molecule has 0 saturated carbocycles. The SMILES string of the molecule is Cl.O=C(Nc1cccc(N2CCCCCC2)c1)C1CCCN1. The van der Waals surface area contributed by atoms with E-state index >= 15 is 0 Å². The number of hydrogen-bond acceptors (Lipinski definition) is 3. The molecule has 1 aromatic rings. The molecule has 5 heteroatoms. The standard InChI is InChI=1S/C17H25N3O.ClH/c21-17(16-9-6-10-18-16)19-14-7-5-8-15(13-14)20-11-3-1-2-4-12-20;/h5,7-8,13,16,18H,1-4,6,9-12H2,(H,19,21);1H. The molecule has 0 bridgehead atoms.